The first-order valence-corrected chi connectivity index (χ1v) is 15.0. The summed E-state index contributed by atoms with van der Waals surface area (Å²) in [6, 6.07) is 2.44. The predicted molar refractivity (Wildman–Crippen MR) is 152 cm³/mol. The number of halogens is 1. The van der Waals surface area contributed by atoms with E-state index >= 15 is 0 Å². The zero-order valence-electron chi connectivity index (χ0n) is 24.0. The summed E-state index contributed by atoms with van der Waals surface area (Å²) in [5.74, 6) is 0.584. The smallest absolute Gasteiger partial charge is 0.234 e. The van der Waals surface area contributed by atoms with Crippen molar-refractivity contribution in [3.05, 3.63) is 34.9 Å². The number of nitrogens with zero attached hydrogens (tertiary/aromatic N) is 7. The number of rotatable bonds is 6. The monoisotopic (exact) mass is 548 g/mol. The Morgan fingerprint density at radius 3 is 2.90 bits per heavy atom. The first-order chi connectivity index (χ1) is 19.3. The van der Waals surface area contributed by atoms with Crippen LogP contribution in [0.15, 0.2) is 12.3 Å². The highest BCUT2D eigenvalue weighted by atomic mass is 19.1. The molecule has 4 aliphatic rings. The van der Waals surface area contributed by atoms with E-state index in [4.69, 9.17) is 10.1 Å². The van der Waals surface area contributed by atoms with Crippen LogP contribution in [0.25, 0.3) is 11.0 Å². The van der Waals surface area contributed by atoms with Gasteiger partial charge in [-0.3, -0.25) is 19.1 Å². The van der Waals surface area contributed by atoms with Crippen LogP contribution in [0, 0.1) is 25.2 Å². The number of likely N-dealkylation sites (tertiary alicyclic amines) is 1. The number of hydrogen-bond donors (Lipinski definition) is 1. The number of aromatic nitrogens is 5. The van der Waals surface area contributed by atoms with Gasteiger partial charge in [-0.25, -0.2) is 9.37 Å². The van der Waals surface area contributed by atoms with Crippen molar-refractivity contribution < 1.29 is 9.18 Å². The number of nitrogens with one attached hydrogen (secondary N) is 1. The molecule has 2 bridgehead atoms. The molecule has 1 saturated heterocycles. The van der Waals surface area contributed by atoms with E-state index in [0.717, 1.165) is 67.7 Å². The van der Waals surface area contributed by atoms with Crippen molar-refractivity contribution in [2.24, 2.45) is 18.4 Å². The Kier molecular flexibility index (Phi) is 6.36. The Balaban J connectivity index is 1.05. The quantitative estimate of drug-likeness (QED) is 0.508. The molecule has 0 aromatic carbocycles. The predicted octanol–water partition coefficient (Wildman–Crippen LogP) is 3.45. The zero-order valence-corrected chi connectivity index (χ0v) is 24.0. The number of aryl methyl sites for hydroxylation is 3. The summed E-state index contributed by atoms with van der Waals surface area (Å²) in [6.07, 6.45) is 9.10. The summed E-state index contributed by atoms with van der Waals surface area (Å²) in [5.41, 5.74) is 7.31. The van der Waals surface area contributed by atoms with Gasteiger partial charge in [0.05, 0.1) is 29.5 Å². The first kappa shape index (κ1) is 25.9. The van der Waals surface area contributed by atoms with Crippen molar-refractivity contribution in [3.63, 3.8) is 0 Å². The lowest BCUT2D eigenvalue weighted by molar-refractivity contribution is -0.126. The Bertz CT molecular complexity index is 1440. The molecule has 1 N–H and O–H groups in total. The number of anilines is 1. The van der Waals surface area contributed by atoms with Gasteiger partial charge in [0.1, 0.15) is 6.17 Å². The van der Waals surface area contributed by atoms with E-state index in [1.165, 1.54) is 36.2 Å². The van der Waals surface area contributed by atoms with Gasteiger partial charge in [-0.05, 0) is 63.4 Å². The van der Waals surface area contributed by atoms with Crippen molar-refractivity contribution in [2.45, 2.75) is 84.1 Å². The van der Waals surface area contributed by atoms with Crippen molar-refractivity contribution in [2.75, 3.05) is 31.1 Å². The molecule has 3 unspecified atom stereocenters. The molecule has 0 spiro atoms. The maximum absolute atomic E-state index is 13.2. The summed E-state index contributed by atoms with van der Waals surface area (Å²) in [5, 5.41) is 14.0. The molecule has 5 heterocycles. The largest absolute Gasteiger partial charge is 0.366 e. The van der Waals surface area contributed by atoms with Crippen LogP contribution in [0.1, 0.15) is 61.2 Å². The molecule has 3 atom stereocenters. The van der Waals surface area contributed by atoms with Crippen LogP contribution in [0.5, 0.6) is 0 Å². The molecule has 2 aliphatic carbocycles. The van der Waals surface area contributed by atoms with Gasteiger partial charge in [0.15, 0.2) is 5.65 Å². The molecule has 3 aromatic rings. The van der Waals surface area contributed by atoms with Crippen LogP contribution in [0.3, 0.4) is 0 Å². The third-order valence-corrected chi connectivity index (χ3v) is 10.1. The van der Waals surface area contributed by atoms with Crippen LogP contribution in [-0.4, -0.2) is 73.7 Å². The highest BCUT2D eigenvalue weighted by Crippen LogP contribution is 2.50. The van der Waals surface area contributed by atoms with Crippen LogP contribution >= 0.6 is 0 Å². The van der Waals surface area contributed by atoms with E-state index < -0.39 is 6.17 Å². The molecule has 2 saturated carbocycles. The molecule has 9 nitrogen and oxygen atoms in total. The molecule has 2 aliphatic heterocycles. The fourth-order valence-electron chi connectivity index (χ4n) is 8.07. The second-order valence-electron chi connectivity index (χ2n) is 13.0. The SMILES string of the molecule is Cc1cc(N2CCc3c(c(C)nn3CC34CCCC(C3)C(NC(=O)CN3CC(F)C3)CC4)C2)c2cnn(C)c2n1. The molecule has 40 heavy (non-hydrogen) atoms. The van der Waals surface area contributed by atoms with E-state index in [2.05, 4.69) is 39.9 Å². The van der Waals surface area contributed by atoms with Gasteiger partial charge in [-0.1, -0.05) is 6.42 Å². The van der Waals surface area contributed by atoms with E-state index in [9.17, 15) is 9.18 Å². The first-order valence-electron chi connectivity index (χ1n) is 15.0. The Morgan fingerprint density at radius 2 is 2.08 bits per heavy atom. The van der Waals surface area contributed by atoms with E-state index in [0.29, 0.717) is 25.6 Å². The topological polar surface area (TPSA) is 84.1 Å². The van der Waals surface area contributed by atoms with Crippen LogP contribution in [-0.2, 0) is 31.4 Å². The lowest BCUT2D eigenvalue weighted by Gasteiger charge is -2.49. The molecular formula is C30H41FN8O. The van der Waals surface area contributed by atoms with Gasteiger partial charge in [0, 0.05) is 69.2 Å². The van der Waals surface area contributed by atoms with E-state index in [1.54, 1.807) is 0 Å². The molecule has 10 heteroatoms. The zero-order chi connectivity index (χ0) is 27.6. The number of alkyl halides is 1. The Morgan fingerprint density at radius 1 is 1.23 bits per heavy atom. The number of fused-ring (bicyclic) bond motifs is 4. The number of carbonyl (C=O) groups is 1. The molecule has 3 fully saturated rings. The van der Waals surface area contributed by atoms with Gasteiger partial charge in [0.25, 0.3) is 0 Å². The van der Waals surface area contributed by atoms with Gasteiger partial charge in [0.2, 0.25) is 5.91 Å². The maximum atomic E-state index is 13.2. The summed E-state index contributed by atoms with van der Waals surface area (Å²) in [6.45, 7) is 8.13. The summed E-state index contributed by atoms with van der Waals surface area (Å²) in [7, 11) is 1.95. The summed E-state index contributed by atoms with van der Waals surface area (Å²) >= 11 is 0. The lowest BCUT2D eigenvalue weighted by atomic mass is 9.60. The Hall–Kier alpha value is -3.01. The molecule has 0 radical (unpaired) electrons. The fourth-order valence-corrected chi connectivity index (χ4v) is 8.07. The van der Waals surface area contributed by atoms with Crippen molar-refractivity contribution in [3.8, 4) is 0 Å². The number of hydrogen-bond acceptors (Lipinski definition) is 6. The van der Waals surface area contributed by atoms with Crippen molar-refractivity contribution >= 4 is 22.6 Å². The third-order valence-electron chi connectivity index (χ3n) is 10.1. The minimum absolute atomic E-state index is 0.0595. The summed E-state index contributed by atoms with van der Waals surface area (Å²) in [4.78, 5) is 21.7. The maximum Gasteiger partial charge on any atom is 0.234 e. The molecule has 7 rings (SSSR count). The average Bonchev–Trinajstić information content (AvgIpc) is 3.43. The van der Waals surface area contributed by atoms with Crippen LogP contribution < -0.4 is 10.2 Å². The van der Waals surface area contributed by atoms with Crippen LogP contribution in [0.4, 0.5) is 10.1 Å². The minimum Gasteiger partial charge on any atom is -0.366 e. The number of pyridine rings is 1. The number of amides is 1. The average molecular weight is 549 g/mol. The van der Waals surface area contributed by atoms with E-state index in [-0.39, 0.29) is 17.4 Å². The van der Waals surface area contributed by atoms with Gasteiger partial charge < -0.3 is 10.2 Å². The highest BCUT2D eigenvalue weighted by Gasteiger charge is 2.45. The van der Waals surface area contributed by atoms with E-state index in [1.807, 2.05) is 22.8 Å². The second-order valence-corrected chi connectivity index (χ2v) is 13.0. The van der Waals surface area contributed by atoms with Crippen molar-refractivity contribution in [1.82, 2.24) is 34.8 Å². The lowest BCUT2D eigenvalue weighted by Crippen LogP contribution is -2.55. The number of carbonyl (C=O) groups excluding carboxylic acids is 1. The Labute approximate surface area is 235 Å². The molecule has 1 amide bonds. The van der Waals surface area contributed by atoms with Gasteiger partial charge >= 0.3 is 0 Å². The molecule has 3 aromatic heterocycles. The minimum atomic E-state index is -0.766. The molecular weight excluding hydrogens is 507 g/mol. The molecule has 214 valence electrons. The standard InChI is InChI=1S/C30H41FN8O/c1-19-11-27(23-13-32-36(3)29(23)33-19)38-10-7-26-24(16-38)20(2)35-39(26)18-30-8-4-5-21(12-30)25(6-9-30)34-28(40)17-37-14-22(31)15-37/h11,13,21-22,25H,4-10,12,14-18H2,1-3H3,(H,34,40). The van der Waals surface area contributed by atoms with Gasteiger partial charge in [-0.15, -0.1) is 0 Å². The third kappa shape index (κ3) is 4.58. The van der Waals surface area contributed by atoms with Gasteiger partial charge in [-0.2, -0.15) is 10.2 Å². The summed E-state index contributed by atoms with van der Waals surface area (Å²) < 4.78 is 17.4. The van der Waals surface area contributed by atoms with Crippen LogP contribution in [0.2, 0.25) is 0 Å². The second kappa shape index (κ2) is 9.82. The highest BCUT2D eigenvalue weighted by molar-refractivity contribution is 5.89. The van der Waals surface area contributed by atoms with Crippen molar-refractivity contribution in [1.29, 1.82) is 0 Å². The fraction of sp³-hybridized carbons (Fsp3) is 0.667. The normalized spacial score (nSPS) is 27.1.